The summed E-state index contributed by atoms with van der Waals surface area (Å²) in [6.45, 7) is -2.54. The number of hydrogen-bond acceptors (Lipinski definition) is 10. The highest BCUT2D eigenvalue weighted by atomic mass is 16.7. The number of aliphatic hydroxyl groups excluding tert-OH is 7. The summed E-state index contributed by atoms with van der Waals surface area (Å²) in [5, 5.41) is 58.2. The third-order valence-electron chi connectivity index (χ3n) is 1.63. The highest BCUT2D eigenvalue weighted by Gasteiger charge is 2.10. The minimum atomic E-state index is -1.15. The van der Waals surface area contributed by atoms with Gasteiger partial charge in [0.15, 0.2) is 0 Å². The van der Waals surface area contributed by atoms with Crippen LogP contribution in [-0.4, -0.2) is 99.9 Å². The summed E-state index contributed by atoms with van der Waals surface area (Å²) < 4.78 is 8.65. The first-order valence-electron chi connectivity index (χ1n) is 5.68. The Morgan fingerprint density at radius 1 is 0.700 bits per heavy atom. The quantitative estimate of drug-likeness (QED) is 0.220. The molecule has 2 unspecified atom stereocenters. The molecule has 0 saturated heterocycles. The van der Waals surface area contributed by atoms with E-state index in [9.17, 15) is 4.79 Å². The second-order valence-electron chi connectivity index (χ2n) is 3.56. The molecule has 0 aromatic carbocycles. The maximum absolute atomic E-state index is 10.7. The minimum Gasteiger partial charge on any atom is -0.431 e. The summed E-state index contributed by atoms with van der Waals surface area (Å²) in [4.78, 5) is 10.7. The second kappa shape index (κ2) is 14.4. The van der Waals surface area contributed by atoms with Crippen LogP contribution < -0.4 is 0 Å². The fourth-order valence-corrected chi connectivity index (χ4v) is 0.533. The third kappa shape index (κ3) is 15.0. The van der Waals surface area contributed by atoms with Gasteiger partial charge in [-0.1, -0.05) is 0 Å². The van der Waals surface area contributed by atoms with E-state index in [1.54, 1.807) is 0 Å². The van der Waals surface area contributed by atoms with E-state index in [2.05, 4.69) is 9.47 Å². The van der Waals surface area contributed by atoms with Crippen molar-refractivity contribution in [3.8, 4) is 0 Å². The van der Waals surface area contributed by atoms with E-state index >= 15 is 0 Å². The van der Waals surface area contributed by atoms with E-state index in [0.717, 1.165) is 0 Å². The molecule has 0 rings (SSSR count). The minimum absolute atomic E-state index is 0.365. The molecule has 0 aromatic heterocycles. The molecular formula is C10H22O10. The smallest absolute Gasteiger partial charge is 0.431 e. The molecule has 0 aromatic rings. The van der Waals surface area contributed by atoms with Crippen molar-refractivity contribution in [2.45, 2.75) is 18.3 Å². The van der Waals surface area contributed by atoms with Crippen LogP contribution in [0.4, 0.5) is 4.79 Å². The van der Waals surface area contributed by atoms with Gasteiger partial charge >= 0.3 is 6.16 Å². The van der Waals surface area contributed by atoms with Crippen molar-refractivity contribution in [3.05, 3.63) is 0 Å². The molecule has 10 nitrogen and oxygen atoms in total. The van der Waals surface area contributed by atoms with Crippen molar-refractivity contribution >= 4 is 6.16 Å². The van der Waals surface area contributed by atoms with Crippen LogP contribution >= 0.6 is 0 Å². The van der Waals surface area contributed by atoms with Gasteiger partial charge in [0, 0.05) is 0 Å². The van der Waals surface area contributed by atoms with Gasteiger partial charge in [0.2, 0.25) is 0 Å². The zero-order valence-electron chi connectivity index (χ0n) is 10.8. The van der Waals surface area contributed by atoms with Crippen LogP contribution in [0.15, 0.2) is 0 Å². The zero-order chi connectivity index (χ0) is 16.0. The van der Waals surface area contributed by atoms with E-state index < -0.39 is 37.7 Å². The molecule has 0 aliphatic carbocycles. The first kappa shape index (κ1) is 21.3. The average Bonchev–Trinajstić information content (AvgIpc) is 2.49. The Balaban J connectivity index is 0. The Hall–Kier alpha value is -1.01. The lowest BCUT2D eigenvalue weighted by atomic mass is 10.4. The van der Waals surface area contributed by atoms with Gasteiger partial charge < -0.3 is 45.2 Å². The maximum atomic E-state index is 10.7. The van der Waals surface area contributed by atoms with Crippen molar-refractivity contribution in [1.82, 2.24) is 0 Å². The van der Waals surface area contributed by atoms with Crippen LogP contribution in [0.3, 0.4) is 0 Å². The molecule has 0 aliphatic heterocycles. The Labute approximate surface area is 115 Å². The first-order valence-corrected chi connectivity index (χ1v) is 5.68. The van der Waals surface area contributed by atoms with Crippen LogP contribution in [0.5, 0.6) is 0 Å². The predicted molar refractivity (Wildman–Crippen MR) is 63.7 cm³/mol. The van der Waals surface area contributed by atoms with Crippen LogP contribution in [0, 0.1) is 0 Å². The molecule has 0 fully saturated rings. The van der Waals surface area contributed by atoms with Crippen molar-refractivity contribution in [1.29, 1.82) is 0 Å². The van der Waals surface area contributed by atoms with Gasteiger partial charge in [-0.2, -0.15) is 0 Å². The van der Waals surface area contributed by atoms with Gasteiger partial charge in [-0.3, -0.25) is 0 Å². The Bertz CT molecular complexity index is 204. The Kier molecular flexibility index (Phi) is 15.3. The monoisotopic (exact) mass is 302 g/mol. The van der Waals surface area contributed by atoms with Gasteiger partial charge in [0.25, 0.3) is 0 Å². The molecular weight excluding hydrogens is 280 g/mol. The number of hydrogen-bond donors (Lipinski definition) is 7. The van der Waals surface area contributed by atoms with Crippen molar-refractivity contribution in [2.75, 3.05) is 39.6 Å². The summed E-state index contributed by atoms with van der Waals surface area (Å²) in [6, 6.07) is 0. The second-order valence-corrected chi connectivity index (χ2v) is 3.56. The molecule has 20 heavy (non-hydrogen) atoms. The number of carbonyl (C=O) groups is 1. The van der Waals surface area contributed by atoms with Gasteiger partial charge in [-0.15, -0.1) is 0 Å². The highest BCUT2D eigenvalue weighted by molar-refractivity contribution is 5.59. The summed E-state index contributed by atoms with van der Waals surface area (Å²) in [5.74, 6) is 0. The molecule has 0 amide bonds. The normalized spacial score (nSPS) is 13.2. The molecule has 0 aliphatic rings. The SMILES string of the molecule is O=C(OCC(O)CO)OCC(O)CO.OCC(O)CO. The Morgan fingerprint density at radius 3 is 1.20 bits per heavy atom. The topological polar surface area (TPSA) is 177 Å². The van der Waals surface area contributed by atoms with Gasteiger partial charge in [0.1, 0.15) is 31.5 Å². The molecule has 0 spiro atoms. The van der Waals surface area contributed by atoms with Gasteiger partial charge in [-0.05, 0) is 0 Å². The molecule has 122 valence electrons. The van der Waals surface area contributed by atoms with Crippen molar-refractivity contribution < 1.29 is 50.0 Å². The molecule has 0 heterocycles. The maximum Gasteiger partial charge on any atom is 0.508 e. The number of carbonyl (C=O) groups excluding carboxylic acids is 1. The fourth-order valence-electron chi connectivity index (χ4n) is 0.533. The van der Waals surface area contributed by atoms with Crippen molar-refractivity contribution in [2.24, 2.45) is 0 Å². The molecule has 0 bridgehead atoms. The van der Waals surface area contributed by atoms with E-state index in [1.807, 2.05) is 0 Å². The number of rotatable bonds is 8. The standard InChI is InChI=1S/C7H14O7.C3H8O3/c8-1-5(10)3-13-7(12)14-4-6(11)2-9;4-1-3(6)2-5/h5-6,8-11H,1-4H2;3-6H,1-2H2. The average molecular weight is 302 g/mol. The summed E-state index contributed by atoms with van der Waals surface area (Å²) in [7, 11) is 0. The van der Waals surface area contributed by atoms with Crippen molar-refractivity contribution in [3.63, 3.8) is 0 Å². The zero-order valence-corrected chi connectivity index (χ0v) is 10.8. The van der Waals surface area contributed by atoms with Crippen LogP contribution in [0.1, 0.15) is 0 Å². The Morgan fingerprint density at radius 2 is 1.00 bits per heavy atom. The van der Waals surface area contributed by atoms with Gasteiger partial charge in [0.05, 0.1) is 26.4 Å². The number of ether oxygens (including phenoxy) is 2. The summed E-state index contributed by atoms with van der Waals surface area (Å²) >= 11 is 0. The van der Waals surface area contributed by atoms with Crippen LogP contribution in [0.25, 0.3) is 0 Å². The van der Waals surface area contributed by atoms with Crippen LogP contribution in [-0.2, 0) is 9.47 Å². The molecule has 0 saturated carbocycles. The first-order chi connectivity index (χ1) is 9.40. The number of aliphatic hydroxyl groups is 7. The van der Waals surface area contributed by atoms with Gasteiger partial charge in [-0.25, -0.2) is 4.79 Å². The summed E-state index contributed by atoms with van der Waals surface area (Å²) in [5.41, 5.74) is 0. The molecule has 0 radical (unpaired) electrons. The fraction of sp³-hybridized carbons (Fsp3) is 0.900. The molecule has 10 heteroatoms. The van der Waals surface area contributed by atoms with E-state index in [1.165, 1.54) is 0 Å². The van der Waals surface area contributed by atoms with E-state index in [-0.39, 0.29) is 26.4 Å². The van der Waals surface area contributed by atoms with Crippen LogP contribution in [0.2, 0.25) is 0 Å². The highest BCUT2D eigenvalue weighted by Crippen LogP contribution is 1.91. The molecule has 2 atom stereocenters. The summed E-state index contributed by atoms with van der Waals surface area (Å²) in [6.07, 6.45) is -4.33. The van der Waals surface area contributed by atoms with E-state index in [4.69, 9.17) is 35.7 Å². The lowest BCUT2D eigenvalue weighted by Crippen LogP contribution is -2.25. The third-order valence-corrected chi connectivity index (χ3v) is 1.63. The van der Waals surface area contributed by atoms with E-state index in [0.29, 0.717) is 0 Å². The molecule has 7 N–H and O–H groups in total. The predicted octanol–water partition coefficient (Wildman–Crippen LogP) is -3.82. The lowest BCUT2D eigenvalue weighted by molar-refractivity contribution is -0.0215. The largest absolute Gasteiger partial charge is 0.508 e. The lowest BCUT2D eigenvalue weighted by Gasteiger charge is -2.10.